The van der Waals surface area contributed by atoms with Gasteiger partial charge in [-0.2, -0.15) is 0 Å². The average Bonchev–Trinajstić information content (AvgIpc) is 2.78. The van der Waals surface area contributed by atoms with Crippen molar-refractivity contribution in [2.75, 3.05) is 0 Å². The van der Waals surface area contributed by atoms with E-state index in [1.807, 2.05) is 30.5 Å². The molecular weight excluding hydrogens is 218 g/mol. The molecule has 0 saturated carbocycles. The Labute approximate surface area is 99.6 Å². The molecule has 1 aromatic carbocycles. The van der Waals surface area contributed by atoms with Crippen LogP contribution in [0.1, 0.15) is 30.3 Å². The van der Waals surface area contributed by atoms with Gasteiger partial charge in [0.1, 0.15) is 0 Å². The molecule has 3 heteroatoms. The van der Waals surface area contributed by atoms with Gasteiger partial charge in [0.15, 0.2) is 0 Å². The molecular formula is C13H15NOS. The SMILES string of the molecule is CC(C)c1ncc(-c2ccc(CO)cc2)s1. The number of aliphatic hydroxyl groups excluding tert-OH is 1. The third kappa shape index (κ3) is 2.31. The van der Waals surface area contributed by atoms with E-state index in [9.17, 15) is 0 Å². The molecule has 0 amide bonds. The first-order chi connectivity index (χ1) is 7.70. The summed E-state index contributed by atoms with van der Waals surface area (Å²) >= 11 is 1.73. The van der Waals surface area contributed by atoms with Gasteiger partial charge in [0.05, 0.1) is 16.5 Å². The first-order valence-corrected chi connectivity index (χ1v) is 6.18. The van der Waals surface area contributed by atoms with E-state index in [0.29, 0.717) is 5.92 Å². The molecule has 0 saturated heterocycles. The average molecular weight is 233 g/mol. The summed E-state index contributed by atoms with van der Waals surface area (Å²) in [5.74, 6) is 0.482. The van der Waals surface area contributed by atoms with E-state index >= 15 is 0 Å². The van der Waals surface area contributed by atoms with Crippen molar-refractivity contribution in [3.8, 4) is 10.4 Å². The third-order valence-electron chi connectivity index (χ3n) is 2.44. The van der Waals surface area contributed by atoms with Crippen LogP contribution in [-0.2, 0) is 6.61 Å². The quantitative estimate of drug-likeness (QED) is 0.881. The standard InChI is InChI=1S/C13H15NOS/c1-9(2)13-14-7-12(16-13)11-5-3-10(8-15)4-6-11/h3-7,9,15H,8H2,1-2H3. The molecule has 1 N–H and O–H groups in total. The molecule has 0 aliphatic heterocycles. The van der Waals surface area contributed by atoms with Crippen LogP contribution in [0.15, 0.2) is 30.5 Å². The van der Waals surface area contributed by atoms with Crippen molar-refractivity contribution in [3.05, 3.63) is 41.0 Å². The van der Waals surface area contributed by atoms with Gasteiger partial charge in [-0.15, -0.1) is 11.3 Å². The van der Waals surface area contributed by atoms with E-state index in [1.165, 1.54) is 15.4 Å². The molecule has 0 bridgehead atoms. The van der Waals surface area contributed by atoms with E-state index in [-0.39, 0.29) is 6.61 Å². The lowest BCUT2D eigenvalue weighted by Gasteiger charge is -1.99. The Morgan fingerprint density at radius 2 is 1.94 bits per heavy atom. The van der Waals surface area contributed by atoms with Crippen molar-refractivity contribution in [2.24, 2.45) is 0 Å². The minimum absolute atomic E-state index is 0.0974. The van der Waals surface area contributed by atoms with Crippen LogP contribution in [0.25, 0.3) is 10.4 Å². The number of benzene rings is 1. The zero-order valence-electron chi connectivity index (χ0n) is 9.47. The summed E-state index contributed by atoms with van der Waals surface area (Å²) in [5.41, 5.74) is 2.11. The van der Waals surface area contributed by atoms with Gasteiger partial charge in [-0.05, 0) is 11.1 Å². The number of rotatable bonds is 3. The molecule has 2 aromatic rings. The molecule has 0 aliphatic carbocycles. The highest BCUT2D eigenvalue weighted by molar-refractivity contribution is 7.15. The van der Waals surface area contributed by atoms with Gasteiger partial charge in [-0.25, -0.2) is 4.98 Å². The van der Waals surface area contributed by atoms with E-state index < -0.39 is 0 Å². The van der Waals surface area contributed by atoms with Gasteiger partial charge in [-0.3, -0.25) is 0 Å². The zero-order valence-corrected chi connectivity index (χ0v) is 10.3. The van der Waals surface area contributed by atoms with Crippen LogP contribution in [0, 0.1) is 0 Å². The highest BCUT2D eigenvalue weighted by atomic mass is 32.1. The number of nitrogens with zero attached hydrogens (tertiary/aromatic N) is 1. The molecule has 2 rings (SSSR count). The molecule has 0 spiro atoms. The molecule has 16 heavy (non-hydrogen) atoms. The topological polar surface area (TPSA) is 33.1 Å². The zero-order chi connectivity index (χ0) is 11.5. The third-order valence-corrected chi connectivity index (χ3v) is 3.79. The van der Waals surface area contributed by atoms with Gasteiger partial charge in [0.25, 0.3) is 0 Å². The minimum Gasteiger partial charge on any atom is -0.392 e. The molecule has 0 aliphatic rings. The van der Waals surface area contributed by atoms with Crippen LogP contribution in [0.4, 0.5) is 0 Å². The number of aliphatic hydroxyl groups is 1. The number of hydrogen-bond donors (Lipinski definition) is 1. The predicted molar refractivity (Wildman–Crippen MR) is 67.6 cm³/mol. The van der Waals surface area contributed by atoms with Crippen molar-refractivity contribution in [2.45, 2.75) is 26.4 Å². The highest BCUT2D eigenvalue weighted by Crippen LogP contribution is 2.29. The second-order valence-corrected chi connectivity index (χ2v) is 5.13. The van der Waals surface area contributed by atoms with Crippen LogP contribution < -0.4 is 0 Å². The summed E-state index contributed by atoms with van der Waals surface area (Å²) in [6, 6.07) is 7.96. The molecule has 84 valence electrons. The fourth-order valence-electron chi connectivity index (χ4n) is 1.46. The summed E-state index contributed by atoms with van der Waals surface area (Å²) < 4.78 is 0. The van der Waals surface area contributed by atoms with Crippen molar-refractivity contribution >= 4 is 11.3 Å². The van der Waals surface area contributed by atoms with Gasteiger partial charge in [-0.1, -0.05) is 38.1 Å². The number of aromatic nitrogens is 1. The Morgan fingerprint density at radius 1 is 1.25 bits per heavy atom. The smallest absolute Gasteiger partial charge is 0.0956 e. The molecule has 0 fully saturated rings. The largest absolute Gasteiger partial charge is 0.392 e. The van der Waals surface area contributed by atoms with Crippen LogP contribution in [0.3, 0.4) is 0 Å². The normalized spacial score (nSPS) is 11.0. The Kier molecular flexibility index (Phi) is 3.36. The first-order valence-electron chi connectivity index (χ1n) is 5.36. The van der Waals surface area contributed by atoms with Gasteiger partial charge in [0, 0.05) is 12.1 Å². The maximum Gasteiger partial charge on any atom is 0.0956 e. The van der Waals surface area contributed by atoms with E-state index in [2.05, 4.69) is 18.8 Å². The van der Waals surface area contributed by atoms with Gasteiger partial charge in [0.2, 0.25) is 0 Å². The molecule has 0 unspecified atom stereocenters. The minimum atomic E-state index is 0.0974. The van der Waals surface area contributed by atoms with E-state index in [0.717, 1.165) is 5.56 Å². The van der Waals surface area contributed by atoms with Crippen molar-refractivity contribution < 1.29 is 5.11 Å². The Balaban J connectivity index is 2.28. The van der Waals surface area contributed by atoms with E-state index in [1.54, 1.807) is 11.3 Å². The van der Waals surface area contributed by atoms with Gasteiger partial charge < -0.3 is 5.11 Å². The van der Waals surface area contributed by atoms with Crippen LogP contribution in [-0.4, -0.2) is 10.1 Å². The summed E-state index contributed by atoms with van der Waals surface area (Å²) in [7, 11) is 0. The molecule has 2 nitrogen and oxygen atoms in total. The predicted octanol–water partition coefficient (Wildman–Crippen LogP) is 3.43. The fourth-order valence-corrected chi connectivity index (χ4v) is 2.39. The maximum absolute atomic E-state index is 8.97. The second kappa shape index (κ2) is 4.76. The van der Waals surface area contributed by atoms with Gasteiger partial charge >= 0.3 is 0 Å². The first kappa shape index (κ1) is 11.3. The van der Waals surface area contributed by atoms with E-state index in [4.69, 9.17) is 5.11 Å². The maximum atomic E-state index is 8.97. The van der Waals surface area contributed by atoms with Crippen molar-refractivity contribution in [1.29, 1.82) is 0 Å². The Morgan fingerprint density at radius 3 is 2.44 bits per heavy atom. The fraction of sp³-hybridized carbons (Fsp3) is 0.308. The lowest BCUT2D eigenvalue weighted by molar-refractivity contribution is 0.282. The van der Waals surface area contributed by atoms with Crippen LogP contribution in [0.2, 0.25) is 0 Å². The monoisotopic (exact) mass is 233 g/mol. The summed E-state index contributed by atoms with van der Waals surface area (Å²) in [5, 5.41) is 10.1. The van der Waals surface area contributed by atoms with Crippen molar-refractivity contribution in [1.82, 2.24) is 4.98 Å². The molecule has 1 aromatic heterocycles. The lowest BCUT2D eigenvalue weighted by atomic mass is 10.1. The van der Waals surface area contributed by atoms with Crippen LogP contribution in [0.5, 0.6) is 0 Å². The number of thiazole rings is 1. The summed E-state index contributed by atoms with van der Waals surface area (Å²) in [6.45, 7) is 4.40. The lowest BCUT2D eigenvalue weighted by Crippen LogP contribution is -1.82. The highest BCUT2D eigenvalue weighted by Gasteiger charge is 2.07. The Bertz CT molecular complexity index is 459. The summed E-state index contributed by atoms with van der Waals surface area (Å²) in [4.78, 5) is 5.59. The Hall–Kier alpha value is -1.19. The number of hydrogen-bond acceptors (Lipinski definition) is 3. The molecule has 0 radical (unpaired) electrons. The molecule has 1 heterocycles. The molecule has 0 atom stereocenters. The van der Waals surface area contributed by atoms with Crippen LogP contribution >= 0.6 is 11.3 Å². The van der Waals surface area contributed by atoms with Crippen molar-refractivity contribution in [3.63, 3.8) is 0 Å². The second-order valence-electron chi connectivity index (χ2n) is 4.07. The summed E-state index contributed by atoms with van der Waals surface area (Å²) in [6.07, 6.45) is 1.92.